The van der Waals surface area contributed by atoms with Crippen molar-refractivity contribution in [2.75, 3.05) is 6.61 Å². The standard InChI is InChI=1S/C15H12O2/c16-15-10-17-9-13-8-12(6-7-14(13)15)11-4-2-1-3-5-11/h1-8H,9-10H2. The smallest absolute Gasteiger partial charge is 0.188 e. The summed E-state index contributed by atoms with van der Waals surface area (Å²) in [7, 11) is 0. The zero-order chi connectivity index (χ0) is 11.7. The molecular weight excluding hydrogens is 212 g/mol. The van der Waals surface area contributed by atoms with Crippen molar-refractivity contribution in [2.45, 2.75) is 6.61 Å². The molecule has 0 aliphatic carbocycles. The van der Waals surface area contributed by atoms with Crippen LogP contribution in [0, 0.1) is 0 Å². The van der Waals surface area contributed by atoms with Gasteiger partial charge < -0.3 is 4.74 Å². The molecule has 0 spiro atoms. The average Bonchev–Trinajstić information content (AvgIpc) is 2.40. The lowest BCUT2D eigenvalue weighted by atomic mass is 9.96. The number of hydrogen-bond acceptors (Lipinski definition) is 2. The molecule has 0 unspecified atom stereocenters. The van der Waals surface area contributed by atoms with Gasteiger partial charge in [-0.3, -0.25) is 4.79 Å². The summed E-state index contributed by atoms with van der Waals surface area (Å²) in [6.07, 6.45) is 0. The topological polar surface area (TPSA) is 26.3 Å². The predicted molar refractivity (Wildman–Crippen MR) is 65.9 cm³/mol. The summed E-state index contributed by atoms with van der Waals surface area (Å²) < 4.78 is 5.25. The van der Waals surface area contributed by atoms with Crippen LogP contribution in [-0.2, 0) is 11.3 Å². The number of carbonyl (C=O) groups is 1. The zero-order valence-corrected chi connectivity index (χ0v) is 9.35. The van der Waals surface area contributed by atoms with Gasteiger partial charge in [-0.25, -0.2) is 0 Å². The van der Waals surface area contributed by atoms with E-state index in [2.05, 4.69) is 12.1 Å². The van der Waals surface area contributed by atoms with Gasteiger partial charge in [0.15, 0.2) is 5.78 Å². The molecule has 2 aromatic carbocycles. The Hall–Kier alpha value is -1.93. The van der Waals surface area contributed by atoms with Crippen LogP contribution in [0.5, 0.6) is 0 Å². The van der Waals surface area contributed by atoms with Crippen LogP contribution in [0.2, 0.25) is 0 Å². The Bertz CT molecular complexity index is 558. The molecule has 0 aromatic heterocycles. The highest BCUT2D eigenvalue weighted by atomic mass is 16.5. The van der Waals surface area contributed by atoms with Crippen molar-refractivity contribution in [3.05, 3.63) is 59.7 Å². The highest BCUT2D eigenvalue weighted by Crippen LogP contribution is 2.25. The van der Waals surface area contributed by atoms with Gasteiger partial charge in [0.05, 0.1) is 6.61 Å². The van der Waals surface area contributed by atoms with Crippen LogP contribution in [0.1, 0.15) is 15.9 Å². The van der Waals surface area contributed by atoms with Gasteiger partial charge in [-0.1, -0.05) is 42.5 Å². The Morgan fingerprint density at radius 2 is 1.71 bits per heavy atom. The molecule has 0 radical (unpaired) electrons. The zero-order valence-electron chi connectivity index (χ0n) is 9.35. The molecular formula is C15H12O2. The van der Waals surface area contributed by atoms with E-state index >= 15 is 0 Å². The molecule has 0 saturated carbocycles. The average molecular weight is 224 g/mol. The third kappa shape index (κ3) is 1.87. The molecule has 0 fully saturated rings. The summed E-state index contributed by atoms with van der Waals surface area (Å²) in [5, 5.41) is 0. The van der Waals surface area contributed by atoms with Gasteiger partial charge in [0, 0.05) is 5.56 Å². The van der Waals surface area contributed by atoms with Crippen LogP contribution < -0.4 is 0 Å². The second-order valence-electron chi connectivity index (χ2n) is 4.15. The summed E-state index contributed by atoms with van der Waals surface area (Å²) in [6.45, 7) is 0.736. The minimum Gasteiger partial charge on any atom is -0.369 e. The monoisotopic (exact) mass is 224 g/mol. The molecule has 2 aromatic rings. The summed E-state index contributed by atoms with van der Waals surface area (Å²) in [6, 6.07) is 16.1. The first-order valence-corrected chi connectivity index (χ1v) is 5.64. The second-order valence-corrected chi connectivity index (χ2v) is 4.15. The lowest BCUT2D eigenvalue weighted by molar-refractivity contribution is 0.0665. The van der Waals surface area contributed by atoms with E-state index < -0.39 is 0 Å². The quantitative estimate of drug-likeness (QED) is 0.744. The summed E-state index contributed by atoms with van der Waals surface area (Å²) in [5.74, 6) is 0.0749. The number of rotatable bonds is 1. The van der Waals surface area contributed by atoms with E-state index in [0.717, 1.165) is 22.3 Å². The van der Waals surface area contributed by atoms with Crippen LogP contribution in [0.25, 0.3) is 11.1 Å². The molecule has 0 N–H and O–H groups in total. The molecule has 0 atom stereocenters. The number of ether oxygens (including phenoxy) is 1. The molecule has 1 aliphatic heterocycles. The van der Waals surface area contributed by atoms with Crippen LogP contribution in [0.3, 0.4) is 0 Å². The maximum Gasteiger partial charge on any atom is 0.188 e. The molecule has 2 heteroatoms. The minimum absolute atomic E-state index is 0.0749. The Balaban J connectivity index is 2.07. The van der Waals surface area contributed by atoms with Crippen LogP contribution in [-0.4, -0.2) is 12.4 Å². The first-order chi connectivity index (χ1) is 8.34. The number of fused-ring (bicyclic) bond motifs is 1. The predicted octanol–water partition coefficient (Wildman–Crippen LogP) is 3.07. The fourth-order valence-corrected chi connectivity index (χ4v) is 2.13. The lowest BCUT2D eigenvalue weighted by Gasteiger charge is -2.16. The second kappa shape index (κ2) is 4.15. The number of Topliss-reactive ketones (excluding diaryl/α,β-unsaturated/α-hetero) is 1. The molecule has 17 heavy (non-hydrogen) atoms. The van der Waals surface area contributed by atoms with E-state index in [1.165, 1.54) is 0 Å². The van der Waals surface area contributed by atoms with E-state index in [9.17, 15) is 4.79 Å². The maximum atomic E-state index is 11.6. The van der Waals surface area contributed by atoms with Gasteiger partial charge in [-0.05, 0) is 22.8 Å². The summed E-state index contributed by atoms with van der Waals surface area (Å²) in [5.41, 5.74) is 4.08. The Morgan fingerprint density at radius 3 is 2.53 bits per heavy atom. The number of benzene rings is 2. The lowest BCUT2D eigenvalue weighted by Crippen LogP contribution is -2.17. The largest absolute Gasteiger partial charge is 0.369 e. The summed E-state index contributed by atoms with van der Waals surface area (Å²) >= 11 is 0. The fourth-order valence-electron chi connectivity index (χ4n) is 2.13. The molecule has 3 rings (SSSR count). The van der Waals surface area contributed by atoms with Crippen molar-refractivity contribution in [1.29, 1.82) is 0 Å². The number of carbonyl (C=O) groups excluding carboxylic acids is 1. The molecule has 84 valence electrons. The number of hydrogen-bond donors (Lipinski definition) is 0. The van der Waals surface area contributed by atoms with Crippen molar-refractivity contribution >= 4 is 5.78 Å². The van der Waals surface area contributed by atoms with Crippen LogP contribution in [0.15, 0.2) is 48.5 Å². The van der Waals surface area contributed by atoms with Gasteiger partial charge in [0.2, 0.25) is 0 Å². The number of ketones is 1. The Kier molecular flexibility index (Phi) is 2.50. The van der Waals surface area contributed by atoms with E-state index in [1.54, 1.807) is 0 Å². The van der Waals surface area contributed by atoms with E-state index in [0.29, 0.717) is 6.61 Å². The van der Waals surface area contributed by atoms with Crippen LogP contribution >= 0.6 is 0 Å². The minimum atomic E-state index is 0.0749. The fraction of sp³-hybridized carbons (Fsp3) is 0.133. The molecule has 1 heterocycles. The first-order valence-electron chi connectivity index (χ1n) is 5.64. The Morgan fingerprint density at radius 1 is 0.882 bits per heavy atom. The molecule has 0 amide bonds. The van der Waals surface area contributed by atoms with E-state index in [4.69, 9.17) is 4.74 Å². The molecule has 0 saturated heterocycles. The van der Waals surface area contributed by atoms with E-state index in [-0.39, 0.29) is 12.4 Å². The molecule has 2 nitrogen and oxygen atoms in total. The van der Waals surface area contributed by atoms with E-state index in [1.807, 2.05) is 36.4 Å². The first kappa shape index (κ1) is 10.2. The van der Waals surface area contributed by atoms with Gasteiger partial charge >= 0.3 is 0 Å². The highest BCUT2D eigenvalue weighted by molar-refractivity contribution is 5.99. The van der Waals surface area contributed by atoms with Gasteiger partial charge in [0.1, 0.15) is 6.61 Å². The van der Waals surface area contributed by atoms with Crippen LogP contribution in [0.4, 0.5) is 0 Å². The maximum absolute atomic E-state index is 11.6. The van der Waals surface area contributed by atoms with Crippen molar-refractivity contribution in [1.82, 2.24) is 0 Å². The Labute approximate surface area is 99.9 Å². The SMILES string of the molecule is O=C1COCc2cc(-c3ccccc3)ccc21. The normalized spacial score (nSPS) is 14.5. The van der Waals surface area contributed by atoms with Crippen molar-refractivity contribution in [3.63, 3.8) is 0 Å². The summed E-state index contributed by atoms with van der Waals surface area (Å²) in [4.78, 5) is 11.6. The van der Waals surface area contributed by atoms with Crippen molar-refractivity contribution < 1.29 is 9.53 Å². The van der Waals surface area contributed by atoms with Crippen molar-refractivity contribution in [2.24, 2.45) is 0 Å². The molecule has 1 aliphatic rings. The molecule has 0 bridgehead atoms. The van der Waals surface area contributed by atoms with Gasteiger partial charge in [0.25, 0.3) is 0 Å². The third-order valence-corrected chi connectivity index (χ3v) is 3.00. The third-order valence-electron chi connectivity index (χ3n) is 3.00. The highest BCUT2D eigenvalue weighted by Gasteiger charge is 2.17. The van der Waals surface area contributed by atoms with Crippen molar-refractivity contribution in [3.8, 4) is 11.1 Å². The van der Waals surface area contributed by atoms with Gasteiger partial charge in [-0.15, -0.1) is 0 Å². The van der Waals surface area contributed by atoms with Gasteiger partial charge in [-0.2, -0.15) is 0 Å².